The number of benzene rings is 3. The van der Waals surface area contributed by atoms with Gasteiger partial charge in [0.2, 0.25) is 0 Å². The van der Waals surface area contributed by atoms with Crippen molar-refractivity contribution in [2.75, 3.05) is 19.8 Å². The van der Waals surface area contributed by atoms with E-state index in [1.165, 1.54) is 0 Å². The van der Waals surface area contributed by atoms with E-state index in [0.717, 1.165) is 18.1 Å². The van der Waals surface area contributed by atoms with Gasteiger partial charge in [-0.15, -0.1) is 0 Å². The van der Waals surface area contributed by atoms with Gasteiger partial charge in [0, 0.05) is 59.1 Å². The molecule has 0 amide bonds. The molecule has 3 aliphatic carbocycles. The highest BCUT2D eigenvalue weighted by atomic mass is 16.5. The van der Waals surface area contributed by atoms with Crippen molar-refractivity contribution in [2.45, 2.75) is 68.2 Å². The fourth-order valence-corrected chi connectivity index (χ4v) is 7.83. The van der Waals surface area contributed by atoms with Gasteiger partial charge in [-0.1, -0.05) is 133 Å². The van der Waals surface area contributed by atoms with E-state index in [1.807, 2.05) is 0 Å². The molecule has 9 rings (SSSR count). The Kier molecular flexibility index (Phi) is 6.51. The third-order valence-corrected chi connectivity index (χ3v) is 11.0. The molecule has 0 spiro atoms. The Morgan fingerprint density at radius 2 is 0.692 bits per heavy atom. The molecule has 0 fully saturated rings. The first-order valence-electron chi connectivity index (χ1n) is 17.8. The van der Waals surface area contributed by atoms with Gasteiger partial charge in [0.25, 0.3) is 0 Å². The van der Waals surface area contributed by atoms with Crippen molar-refractivity contribution in [2.24, 2.45) is 31.2 Å². The maximum absolute atomic E-state index is 14.7. The van der Waals surface area contributed by atoms with Crippen LogP contribution in [-0.2, 0) is 14.2 Å². The smallest absolute Gasteiger partial charge is 0.193 e. The van der Waals surface area contributed by atoms with Gasteiger partial charge in [0.1, 0.15) is 0 Å². The average Bonchev–Trinajstić information content (AvgIpc) is 3.87. The molecule has 0 radical (unpaired) electrons. The van der Waals surface area contributed by atoms with E-state index in [1.54, 1.807) is 36.4 Å². The molecule has 0 aromatic heterocycles. The van der Waals surface area contributed by atoms with Crippen molar-refractivity contribution < 1.29 is 28.6 Å². The molecular formula is C43H40N3O6-3. The second-order valence-corrected chi connectivity index (χ2v) is 17.6. The monoisotopic (exact) mass is 694 g/mol. The second kappa shape index (κ2) is 10.4. The summed E-state index contributed by atoms with van der Waals surface area (Å²) in [5.41, 5.74) is 5.26. The normalized spacial score (nSPS) is 19.0. The van der Waals surface area contributed by atoms with Crippen LogP contribution in [0, 0.1) is 34.4 Å². The van der Waals surface area contributed by atoms with Gasteiger partial charge in [-0.3, -0.25) is 14.4 Å². The van der Waals surface area contributed by atoms with Gasteiger partial charge >= 0.3 is 0 Å². The van der Waals surface area contributed by atoms with E-state index >= 15 is 0 Å². The maximum Gasteiger partial charge on any atom is 0.193 e. The molecule has 3 aliphatic heterocycles. The molecule has 3 aromatic carbocycles. The number of carbonyl (C=O) groups excluding carboxylic acids is 3. The summed E-state index contributed by atoms with van der Waals surface area (Å²) >= 11 is 0. The van der Waals surface area contributed by atoms with Crippen molar-refractivity contribution >= 4 is 35.0 Å². The SMILES string of the molecule is CC(C)(C)[C-]1COC(c2cc3c4c(c2)C(=O)c2cc(C5=N[C-](C(C)(C)C)CO5)cc5c2C4c2c(cc(C4=N[C-](C(C)(C)C)CO4)cc2C5=O)C3=O)=N1. The van der Waals surface area contributed by atoms with E-state index in [2.05, 4.69) is 62.3 Å². The summed E-state index contributed by atoms with van der Waals surface area (Å²) in [5.74, 6) is -0.196. The summed E-state index contributed by atoms with van der Waals surface area (Å²) in [6.07, 6.45) is 0. The Balaban J connectivity index is 1.29. The fraction of sp³-hybridized carbons (Fsp3) is 0.372. The van der Waals surface area contributed by atoms with Crippen molar-refractivity contribution in [3.63, 3.8) is 0 Å². The highest BCUT2D eigenvalue weighted by Crippen LogP contribution is 2.54. The number of aliphatic imine (C=N–C) groups is 3. The van der Waals surface area contributed by atoms with Crippen LogP contribution in [0.15, 0.2) is 51.4 Å². The van der Waals surface area contributed by atoms with Crippen molar-refractivity contribution in [1.82, 2.24) is 0 Å². The third kappa shape index (κ3) is 4.63. The summed E-state index contributed by atoms with van der Waals surface area (Å²) in [6.45, 7) is 19.7. The zero-order valence-corrected chi connectivity index (χ0v) is 31.0. The Morgan fingerprint density at radius 1 is 0.462 bits per heavy atom. The Morgan fingerprint density at radius 3 is 0.885 bits per heavy atom. The van der Waals surface area contributed by atoms with Crippen LogP contribution in [0.25, 0.3) is 0 Å². The standard InChI is InChI=1S/C43H40N3O6/c1-41(2,3)28-16-50-38(44-28)19-10-22-31-23(11-19)36(48)25-13-21(40-46-30(18-52-40)43(7,8)9)15-27-33(25)34(31)32-24(35(22)47)12-20(14-26(32)37(27)49)39-45-29(17-51-39)42(4,5)6/h10-15,34H,16-18H2,1-9H3/q-3. The Hall–Kier alpha value is -5.31. The van der Waals surface area contributed by atoms with Crippen LogP contribution in [0.1, 0.15) is 149 Å². The van der Waals surface area contributed by atoms with Gasteiger partial charge in [-0.05, 0) is 33.4 Å². The van der Waals surface area contributed by atoms with E-state index in [4.69, 9.17) is 29.2 Å². The molecule has 9 nitrogen and oxygen atoms in total. The molecule has 0 N–H and O–H groups in total. The number of carbonyl (C=O) groups is 3. The number of ketones is 3. The van der Waals surface area contributed by atoms with Crippen molar-refractivity contribution in [1.29, 1.82) is 0 Å². The lowest BCUT2D eigenvalue weighted by Crippen LogP contribution is -2.35. The summed E-state index contributed by atoms with van der Waals surface area (Å²) in [5, 5.41) is 0. The highest BCUT2D eigenvalue weighted by Gasteiger charge is 2.47. The maximum atomic E-state index is 14.7. The molecule has 0 saturated heterocycles. The molecule has 0 saturated carbocycles. The third-order valence-electron chi connectivity index (χ3n) is 11.0. The van der Waals surface area contributed by atoms with Gasteiger partial charge in [-0.25, -0.2) is 0 Å². The number of hydrogen-bond donors (Lipinski definition) is 0. The zero-order valence-electron chi connectivity index (χ0n) is 31.0. The minimum atomic E-state index is -0.514. The van der Waals surface area contributed by atoms with E-state index < -0.39 is 5.92 Å². The average molecular weight is 695 g/mol. The highest BCUT2D eigenvalue weighted by molar-refractivity contribution is 6.27. The summed E-state index contributed by atoms with van der Waals surface area (Å²) in [6, 6.07) is 13.4. The lowest BCUT2D eigenvalue weighted by atomic mass is 9.61. The molecule has 0 bridgehead atoms. The van der Waals surface area contributed by atoms with Crippen molar-refractivity contribution in [3.05, 3.63) is 121 Å². The molecule has 52 heavy (non-hydrogen) atoms. The predicted molar refractivity (Wildman–Crippen MR) is 196 cm³/mol. The topological polar surface area (TPSA) is 116 Å². The van der Waals surface area contributed by atoms with Crippen LogP contribution >= 0.6 is 0 Å². The first kappa shape index (κ1) is 32.6. The fourth-order valence-electron chi connectivity index (χ4n) is 7.83. The molecule has 6 aliphatic rings. The summed E-state index contributed by atoms with van der Waals surface area (Å²) in [4.78, 5) is 58.7. The van der Waals surface area contributed by atoms with Crippen LogP contribution in [-0.4, -0.2) is 54.9 Å². The molecule has 3 aromatic rings. The molecule has 266 valence electrons. The first-order chi connectivity index (χ1) is 24.4. The quantitative estimate of drug-likeness (QED) is 0.177. The van der Waals surface area contributed by atoms with Crippen LogP contribution in [0.4, 0.5) is 0 Å². The molecule has 3 heterocycles. The van der Waals surface area contributed by atoms with Crippen LogP contribution in [0.2, 0.25) is 0 Å². The summed E-state index contributed by atoms with van der Waals surface area (Å²) < 4.78 is 18.3. The van der Waals surface area contributed by atoms with E-state index in [9.17, 15) is 14.4 Å². The van der Waals surface area contributed by atoms with Crippen LogP contribution in [0.3, 0.4) is 0 Å². The number of rotatable bonds is 3. The molecular weight excluding hydrogens is 654 g/mol. The predicted octanol–water partition coefficient (Wildman–Crippen LogP) is 7.56. The molecule has 0 atom stereocenters. The zero-order chi connectivity index (χ0) is 36.8. The molecule has 9 heteroatoms. The minimum absolute atomic E-state index is 0.216. The first-order valence-corrected chi connectivity index (χ1v) is 17.8. The minimum Gasteiger partial charge on any atom is -0.573 e. The van der Waals surface area contributed by atoms with E-state index in [-0.39, 0.29) is 33.6 Å². The molecule has 0 unspecified atom stereocenters. The number of ether oxygens (including phenoxy) is 3. The Bertz CT molecular complexity index is 1950. The lowest BCUT2D eigenvalue weighted by molar-refractivity contribution is 0.102. The Labute approximate surface area is 303 Å². The lowest BCUT2D eigenvalue weighted by Gasteiger charge is -2.40. The summed E-state index contributed by atoms with van der Waals surface area (Å²) in [7, 11) is 0. The van der Waals surface area contributed by atoms with Gasteiger partial charge < -0.3 is 29.2 Å². The van der Waals surface area contributed by atoms with Gasteiger partial charge in [-0.2, -0.15) is 0 Å². The number of hydrogen-bond acceptors (Lipinski definition) is 9. The van der Waals surface area contributed by atoms with Crippen LogP contribution in [0.5, 0.6) is 0 Å². The van der Waals surface area contributed by atoms with Gasteiger partial charge in [0.15, 0.2) is 17.3 Å². The van der Waals surface area contributed by atoms with Crippen molar-refractivity contribution in [3.8, 4) is 0 Å². The largest absolute Gasteiger partial charge is 0.573 e. The van der Waals surface area contributed by atoms with Crippen LogP contribution < -0.4 is 0 Å². The van der Waals surface area contributed by atoms with E-state index in [0.29, 0.717) is 104 Å². The second-order valence-electron chi connectivity index (χ2n) is 17.6. The number of nitrogens with zero attached hydrogens (tertiary/aromatic N) is 3. The van der Waals surface area contributed by atoms with Gasteiger partial charge in [0.05, 0.1) is 17.7 Å².